The van der Waals surface area contributed by atoms with E-state index < -0.39 is 0 Å². The Kier molecular flexibility index (Phi) is 5.19. The van der Waals surface area contributed by atoms with Gasteiger partial charge in [-0.15, -0.1) is 0 Å². The van der Waals surface area contributed by atoms with Crippen LogP contribution in [0.3, 0.4) is 0 Å². The molecule has 25 heavy (non-hydrogen) atoms. The first-order valence-corrected chi connectivity index (χ1v) is 8.08. The summed E-state index contributed by atoms with van der Waals surface area (Å²) in [5.74, 6) is 3.69. The summed E-state index contributed by atoms with van der Waals surface area (Å²) in [6.07, 6.45) is 0.708. The van der Waals surface area contributed by atoms with Gasteiger partial charge in [0, 0.05) is 12.0 Å². The number of hydrogen-bond acceptors (Lipinski definition) is 6. The Morgan fingerprint density at radius 3 is 2.28 bits per heavy atom. The zero-order valence-corrected chi connectivity index (χ0v) is 14.7. The maximum absolute atomic E-state index is 6.05. The second kappa shape index (κ2) is 7.53. The molecule has 0 aromatic heterocycles. The van der Waals surface area contributed by atoms with E-state index in [0.29, 0.717) is 24.5 Å². The smallest absolute Gasteiger partial charge is 0.231 e. The summed E-state index contributed by atoms with van der Waals surface area (Å²) < 4.78 is 27.1. The Hall–Kier alpha value is -2.60. The maximum Gasteiger partial charge on any atom is 0.231 e. The van der Waals surface area contributed by atoms with Gasteiger partial charge in [0.15, 0.2) is 23.0 Å². The summed E-state index contributed by atoms with van der Waals surface area (Å²) in [6.45, 7) is 0.757. The minimum atomic E-state index is 0.113. The molecular weight excluding hydrogens is 322 g/mol. The van der Waals surface area contributed by atoms with Gasteiger partial charge in [-0.05, 0) is 42.3 Å². The second-order valence-corrected chi connectivity index (χ2v) is 5.77. The second-order valence-electron chi connectivity index (χ2n) is 5.77. The van der Waals surface area contributed by atoms with E-state index in [1.54, 1.807) is 21.3 Å². The Balaban J connectivity index is 1.91. The molecule has 1 unspecified atom stereocenters. The number of fused-ring (bicyclic) bond motifs is 1. The van der Waals surface area contributed by atoms with E-state index in [1.807, 2.05) is 30.3 Å². The van der Waals surface area contributed by atoms with Gasteiger partial charge >= 0.3 is 0 Å². The number of nitrogens with two attached hydrogens (primary N) is 1. The lowest BCUT2D eigenvalue weighted by atomic mass is 9.91. The van der Waals surface area contributed by atoms with Gasteiger partial charge in [-0.25, -0.2) is 0 Å². The largest absolute Gasteiger partial charge is 0.496 e. The minimum absolute atomic E-state index is 0.113. The molecule has 0 aliphatic carbocycles. The summed E-state index contributed by atoms with van der Waals surface area (Å²) in [5.41, 5.74) is 8.16. The lowest BCUT2D eigenvalue weighted by molar-refractivity contribution is 0.174. The molecule has 6 heteroatoms. The summed E-state index contributed by atoms with van der Waals surface area (Å²) in [6, 6.07) is 9.71. The molecule has 0 saturated carbocycles. The van der Waals surface area contributed by atoms with Crippen LogP contribution in [0.25, 0.3) is 0 Å². The van der Waals surface area contributed by atoms with Crippen LogP contribution in [0, 0.1) is 0 Å². The first-order chi connectivity index (χ1) is 12.2. The predicted molar refractivity (Wildman–Crippen MR) is 94.2 cm³/mol. The SMILES string of the molecule is COc1cc(OC)c(OC)cc1CC(CN)c1ccc2c(c1)OCO2. The quantitative estimate of drug-likeness (QED) is 0.832. The van der Waals surface area contributed by atoms with E-state index in [4.69, 9.17) is 29.4 Å². The third-order valence-corrected chi connectivity index (χ3v) is 4.41. The maximum atomic E-state index is 6.05. The zero-order valence-electron chi connectivity index (χ0n) is 14.7. The van der Waals surface area contributed by atoms with Crippen molar-refractivity contribution in [3.63, 3.8) is 0 Å². The van der Waals surface area contributed by atoms with Crippen LogP contribution < -0.4 is 29.4 Å². The fourth-order valence-electron chi connectivity index (χ4n) is 3.02. The molecule has 0 spiro atoms. The molecule has 0 amide bonds. The lowest BCUT2D eigenvalue weighted by Gasteiger charge is -2.19. The molecular formula is C19H23NO5. The summed E-state index contributed by atoms with van der Waals surface area (Å²) in [4.78, 5) is 0. The topological polar surface area (TPSA) is 72.2 Å². The molecule has 1 aliphatic heterocycles. The van der Waals surface area contributed by atoms with E-state index in [9.17, 15) is 0 Å². The highest BCUT2D eigenvalue weighted by molar-refractivity contribution is 5.52. The van der Waals surface area contributed by atoms with Crippen molar-refractivity contribution in [3.8, 4) is 28.7 Å². The monoisotopic (exact) mass is 345 g/mol. The van der Waals surface area contributed by atoms with Gasteiger partial charge in [0.05, 0.1) is 21.3 Å². The number of ether oxygens (including phenoxy) is 5. The van der Waals surface area contributed by atoms with E-state index in [2.05, 4.69) is 0 Å². The van der Waals surface area contributed by atoms with Gasteiger partial charge in [-0.3, -0.25) is 0 Å². The number of benzene rings is 2. The third kappa shape index (κ3) is 3.44. The highest BCUT2D eigenvalue weighted by atomic mass is 16.7. The molecule has 2 N–H and O–H groups in total. The lowest BCUT2D eigenvalue weighted by Crippen LogP contribution is -2.15. The average molecular weight is 345 g/mol. The van der Waals surface area contributed by atoms with E-state index >= 15 is 0 Å². The fourth-order valence-corrected chi connectivity index (χ4v) is 3.02. The number of hydrogen-bond donors (Lipinski definition) is 1. The number of rotatable bonds is 7. The van der Waals surface area contributed by atoms with Crippen LogP contribution in [0.4, 0.5) is 0 Å². The van der Waals surface area contributed by atoms with E-state index in [1.165, 1.54) is 0 Å². The van der Waals surface area contributed by atoms with Crippen LogP contribution >= 0.6 is 0 Å². The molecule has 6 nitrogen and oxygen atoms in total. The zero-order chi connectivity index (χ0) is 17.8. The first-order valence-electron chi connectivity index (χ1n) is 8.08. The highest BCUT2D eigenvalue weighted by Gasteiger charge is 2.20. The molecule has 1 heterocycles. The van der Waals surface area contributed by atoms with Crippen LogP contribution in [0.15, 0.2) is 30.3 Å². The van der Waals surface area contributed by atoms with Crippen molar-refractivity contribution in [2.75, 3.05) is 34.7 Å². The molecule has 2 aromatic carbocycles. The molecule has 0 fully saturated rings. The van der Waals surface area contributed by atoms with Crippen molar-refractivity contribution in [1.82, 2.24) is 0 Å². The van der Waals surface area contributed by atoms with Gasteiger partial charge in [0.25, 0.3) is 0 Å². The summed E-state index contributed by atoms with van der Waals surface area (Å²) in [7, 11) is 4.86. The highest BCUT2D eigenvalue weighted by Crippen LogP contribution is 2.39. The Morgan fingerprint density at radius 2 is 1.60 bits per heavy atom. The van der Waals surface area contributed by atoms with Gasteiger partial charge in [0.2, 0.25) is 6.79 Å². The molecule has 2 aromatic rings. The van der Waals surface area contributed by atoms with Crippen LogP contribution in [0.2, 0.25) is 0 Å². The Morgan fingerprint density at radius 1 is 0.920 bits per heavy atom. The van der Waals surface area contributed by atoms with Crippen molar-refractivity contribution in [2.45, 2.75) is 12.3 Å². The molecule has 0 radical (unpaired) electrons. The predicted octanol–water partition coefficient (Wildman–Crippen LogP) is 2.73. The fraction of sp³-hybridized carbons (Fsp3) is 0.368. The average Bonchev–Trinajstić information content (AvgIpc) is 3.13. The van der Waals surface area contributed by atoms with Crippen molar-refractivity contribution in [2.24, 2.45) is 5.73 Å². The van der Waals surface area contributed by atoms with Gasteiger partial charge in [-0.1, -0.05) is 6.07 Å². The molecule has 0 bridgehead atoms. The van der Waals surface area contributed by atoms with E-state index in [-0.39, 0.29) is 12.7 Å². The van der Waals surface area contributed by atoms with Crippen LogP contribution in [0.5, 0.6) is 28.7 Å². The van der Waals surface area contributed by atoms with Gasteiger partial charge in [-0.2, -0.15) is 0 Å². The minimum Gasteiger partial charge on any atom is -0.496 e. The van der Waals surface area contributed by atoms with Crippen molar-refractivity contribution < 1.29 is 23.7 Å². The standard InChI is InChI=1S/C19H23NO5/c1-21-16-9-18(23-3)17(22-2)8-13(16)6-14(10-20)12-4-5-15-19(7-12)25-11-24-15/h4-5,7-9,14H,6,10-11,20H2,1-3H3. The van der Waals surface area contributed by atoms with E-state index in [0.717, 1.165) is 28.4 Å². The van der Waals surface area contributed by atoms with Crippen LogP contribution in [-0.4, -0.2) is 34.7 Å². The molecule has 0 saturated heterocycles. The van der Waals surface area contributed by atoms with Crippen LogP contribution in [0.1, 0.15) is 17.0 Å². The molecule has 134 valence electrons. The molecule has 1 aliphatic rings. The van der Waals surface area contributed by atoms with Gasteiger partial charge < -0.3 is 29.4 Å². The van der Waals surface area contributed by atoms with Crippen molar-refractivity contribution in [1.29, 1.82) is 0 Å². The Bertz CT molecular complexity index is 747. The van der Waals surface area contributed by atoms with Gasteiger partial charge in [0.1, 0.15) is 5.75 Å². The normalized spacial score (nSPS) is 13.4. The Labute approximate surface area is 147 Å². The van der Waals surface area contributed by atoms with Crippen molar-refractivity contribution in [3.05, 3.63) is 41.5 Å². The third-order valence-electron chi connectivity index (χ3n) is 4.41. The molecule has 1 atom stereocenters. The summed E-state index contributed by atoms with van der Waals surface area (Å²) >= 11 is 0. The summed E-state index contributed by atoms with van der Waals surface area (Å²) in [5, 5.41) is 0. The number of methoxy groups -OCH3 is 3. The van der Waals surface area contributed by atoms with Crippen molar-refractivity contribution >= 4 is 0 Å². The first kappa shape index (κ1) is 17.2. The van der Waals surface area contributed by atoms with Crippen LogP contribution in [-0.2, 0) is 6.42 Å². The molecule has 3 rings (SSSR count).